The topological polar surface area (TPSA) is 50.4 Å². The van der Waals surface area contributed by atoms with Crippen LogP contribution in [0.1, 0.15) is 13.3 Å². The van der Waals surface area contributed by atoms with Crippen LogP contribution >= 0.6 is 35.6 Å². The third-order valence-electron chi connectivity index (χ3n) is 2.97. The molecule has 1 aliphatic heterocycles. The van der Waals surface area contributed by atoms with E-state index in [-0.39, 0.29) is 24.4 Å². The molecule has 1 saturated heterocycles. The van der Waals surface area contributed by atoms with Crippen LogP contribution in [0.3, 0.4) is 0 Å². The summed E-state index contributed by atoms with van der Waals surface area (Å²) >= 11 is 11.8. The summed E-state index contributed by atoms with van der Waals surface area (Å²) < 4.78 is 5.55. The van der Waals surface area contributed by atoms with Gasteiger partial charge in [-0.2, -0.15) is 0 Å². The molecule has 20 heavy (non-hydrogen) atoms. The van der Waals surface area contributed by atoms with Crippen molar-refractivity contribution in [1.29, 1.82) is 0 Å². The first-order chi connectivity index (χ1) is 9.06. The molecule has 7 heteroatoms. The first kappa shape index (κ1) is 17.4. The molecule has 0 bridgehead atoms. The van der Waals surface area contributed by atoms with Gasteiger partial charge in [0.15, 0.2) is 6.10 Å². The number of hydrogen-bond donors (Lipinski definition) is 2. The highest BCUT2D eigenvalue weighted by Crippen LogP contribution is 2.28. The minimum Gasteiger partial charge on any atom is -0.479 e. The maximum absolute atomic E-state index is 11.9. The molecule has 0 saturated carbocycles. The van der Waals surface area contributed by atoms with Crippen LogP contribution < -0.4 is 15.4 Å². The van der Waals surface area contributed by atoms with Crippen molar-refractivity contribution in [3.8, 4) is 5.75 Å². The number of halogens is 3. The number of amides is 1. The van der Waals surface area contributed by atoms with E-state index in [0.717, 1.165) is 19.5 Å². The molecule has 2 atom stereocenters. The van der Waals surface area contributed by atoms with Crippen molar-refractivity contribution in [3.05, 3.63) is 28.2 Å². The Morgan fingerprint density at radius 2 is 2.25 bits per heavy atom. The van der Waals surface area contributed by atoms with Crippen LogP contribution in [-0.2, 0) is 4.79 Å². The zero-order chi connectivity index (χ0) is 13.8. The minimum atomic E-state index is -0.598. The average Bonchev–Trinajstić information content (AvgIpc) is 2.85. The number of nitrogens with one attached hydrogen (secondary N) is 2. The number of carbonyl (C=O) groups excluding carboxylic acids is 1. The largest absolute Gasteiger partial charge is 0.479 e. The molecule has 2 unspecified atom stereocenters. The number of ether oxygens (including phenoxy) is 1. The molecule has 4 nitrogen and oxygen atoms in total. The van der Waals surface area contributed by atoms with E-state index in [2.05, 4.69) is 10.6 Å². The number of hydrogen-bond acceptors (Lipinski definition) is 3. The molecule has 1 aliphatic rings. The molecule has 0 radical (unpaired) electrons. The quantitative estimate of drug-likeness (QED) is 0.886. The van der Waals surface area contributed by atoms with Gasteiger partial charge in [-0.3, -0.25) is 4.79 Å². The Hall–Kier alpha value is -0.680. The number of carbonyl (C=O) groups is 1. The highest BCUT2D eigenvalue weighted by Gasteiger charge is 2.21. The standard InChI is InChI=1S/C13H16Cl2N2O2.ClH/c1-8(13(18)17-10-4-5-16-7-10)19-12-3-2-9(14)6-11(12)15;/h2-3,6,8,10,16H,4-5,7H2,1H3,(H,17,18);1H. The van der Waals surface area contributed by atoms with Crippen LogP contribution in [-0.4, -0.2) is 31.1 Å². The van der Waals surface area contributed by atoms with Gasteiger partial charge in [0.25, 0.3) is 5.91 Å². The molecule has 2 N–H and O–H groups in total. The van der Waals surface area contributed by atoms with Gasteiger partial charge >= 0.3 is 0 Å². The number of benzene rings is 1. The van der Waals surface area contributed by atoms with Crippen molar-refractivity contribution >= 4 is 41.5 Å². The first-order valence-corrected chi connectivity index (χ1v) is 6.94. The summed E-state index contributed by atoms with van der Waals surface area (Å²) in [5.74, 6) is 0.318. The lowest BCUT2D eigenvalue weighted by atomic mass is 10.2. The van der Waals surface area contributed by atoms with Gasteiger partial charge in [-0.1, -0.05) is 23.2 Å². The normalized spacial score (nSPS) is 19.1. The van der Waals surface area contributed by atoms with Gasteiger partial charge in [-0.05, 0) is 38.1 Å². The van der Waals surface area contributed by atoms with Crippen LogP contribution in [0, 0.1) is 0 Å². The Kier molecular flexibility index (Phi) is 6.89. The predicted molar refractivity (Wildman–Crippen MR) is 83.2 cm³/mol. The zero-order valence-corrected chi connectivity index (χ0v) is 13.3. The van der Waals surface area contributed by atoms with Gasteiger partial charge in [0, 0.05) is 17.6 Å². The first-order valence-electron chi connectivity index (χ1n) is 6.19. The van der Waals surface area contributed by atoms with E-state index < -0.39 is 6.10 Å². The van der Waals surface area contributed by atoms with Crippen LogP contribution in [0.2, 0.25) is 10.0 Å². The predicted octanol–water partition coefficient (Wildman–Crippen LogP) is 2.66. The highest BCUT2D eigenvalue weighted by atomic mass is 35.5. The second kappa shape index (κ2) is 7.93. The number of rotatable bonds is 4. The highest BCUT2D eigenvalue weighted by molar-refractivity contribution is 6.35. The SMILES string of the molecule is CC(Oc1ccc(Cl)cc1Cl)C(=O)NC1CCNC1.Cl. The van der Waals surface area contributed by atoms with E-state index in [4.69, 9.17) is 27.9 Å². The molecule has 1 fully saturated rings. The molecule has 0 spiro atoms. The van der Waals surface area contributed by atoms with Crippen molar-refractivity contribution in [1.82, 2.24) is 10.6 Å². The van der Waals surface area contributed by atoms with Gasteiger partial charge in [0.05, 0.1) is 5.02 Å². The molecule has 1 aromatic carbocycles. The van der Waals surface area contributed by atoms with Crippen molar-refractivity contribution in [2.45, 2.75) is 25.5 Å². The van der Waals surface area contributed by atoms with Crippen LogP contribution in [0.5, 0.6) is 5.75 Å². The van der Waals surface area contributed by atoms with Crippen molar-refractivity contribution in [2.24, 2.45) is 0 Å². The molecule has 2 rings (SSSR count). The van der Waals surface area contributed by atoms with Gasteiger partial charge in [0.2, 0.25) is 0 Å². The molecular formula is C13H17Cl3N2O2. The van der Waals surface area contributed by atoms with Crippen molar-refractivity contribution in [2.75, 3.05) is 13.1 Å². The van der Waals surface area contributed by atoms with Crippen LogP contribution in [0.15, 0.2) is 18.2 Å². The van der Waals surface area contributed by atoms with Gasteiger partial charge in [-0.25, -0.2) is 0 Å². The van der Waals surface area contributed by atoms with E-state index in [9.17, 15) is 4.79 Å². The third kappa shape index (κ3) is 4.70. The summed E-state index contributed by atoms with van der Waals surface area (Å²) in [5.41, 5.74) is 0. The Labute approximate surface area is 134 Å². The third-order valence-corrected chi connectivity index (χ3v) is 3.50. The molecule has 1 heterocycles. The summed E-state index contributed by atoms with van der Waals surface area (Å²) in [6.07, 6.45) is 0.347. The second-order valence-corrected chi connectivity index (χ2v) is 5.38. The maximum atomic E-state index is 11.9. The van der Waals surface area contributed by atoms with Crippen molar-refractivity contribution in [3.63, 3.8) is 0 Å². The monoisotopic (exact) mass is 338 g/mol. The van der Waals surface area contributed by atoms with E-state index in [0.29, 0.717) is 15.8 Å². The lowest BCUT2D eigenvalue weighted by Gasteiger charge is -2.18. The molecule has 112 valence electrons. The van der Waals surface area contributed by atoms with Gasteiger partial charge in [-0.15, -0.1) is 12.4 Å². The van der Waals surface area contributed by atoms with E-state index in [1.807, 2.05) is 0 Å². The van der Waals surface area contributed by atoms with E-state index >= 15 is 0 Å². The summed E-state index contributed by atoms with van der Waals surface area (Å²) in [7, 11) is 0. The fourth-order valence-corrected chi connectivity index (χ4v) is 2.36. The molecule has 1 aromatic rings. The lowest BCUT2D eigenvalue weighted by Crippen LogP contribution is -2.43. The van der Waals surface area contributed by atoms with Crippen molar-refractivity contribution < 1.29 is 9.53 Å². The summed E-state index contributed by atoms with van der Waals surface area (Å²) in [6.45, 7) is 3.44. The molecule has 0 aromatic heterocycles. The smallest absolute Gasteiger partial charge is 0.261 e. The maximum Gasteiger partial charge on any atom is 0.261 e. The summed E-state index contributed by atoms with van der Waals surface area (Å²) in [5, 5.41) is 7.06. The average molecular weight is 340 g/mol. The van der Waals surface area contributed by atoms with Crippen LogP contribution in [0.25, 0.3) is 0 Å². The summed E-state index contributed by atoms with van der Waals surface area (Å²) in [4.78, 5) is 11.9. The van der Waals surface area contributed by atoms with E-state index in [1.54, 1.807) is 25.1 Å². The van der Waals surface area contributed by atoms with Gasteiger partial charge in [0.1, 0.15) is 5.75 Å². The zero-order valence-electron chi connectivity index (χ0n) is 11.0. The Morgan fingerprint density at radius 1 is 1.50 bits per heavy atom. The van der Waals surface area contributed by atoms with Gasteiger partial charge < -0.3 is 15.4 Å². The Morgan fingerprint density at radius 3 is 2.85 bits per heavy atom. The summed E-state index contributed by atoms with van der Waals surface area (Å²) in [6, 6.07) is 5.10. The Bertz CT molecular complexity index is 465. The molecule has 1 amide bonds. The second-order valence-electron chi connectivity index (χ2n) is 4.53. The van der Waals surface area contributed by atoms with Crippen LogP contribution in [0.4, 0.5) is 0 Å². The molecule has 0 aliphatic carbocycles. The fourth-order valence-electron chi connectivity index (χ4n) is 1.91. The fraction of sp³-hybridized carbons (Fsp3) is 0.462. The molecular weight excluding hydrogens is 323 g/mol. The minimum absolute atomic E-state index is 0. The Balaban J connectivity index is 0.00000200. The van der Waals surface area contributed by atoms with E-state index in [1.165, 1.54) is 0 Å². The lowest BCUT2D eigenvalue weighted by molar-refractivity contribution is -0.127.